The van der Waals surface area contributed by atoms with E-state index in [4.69, 9.17) is 13.7 Å². The van der Waals surface area contributed by atoms with Crippen LogP contribution in [0, 0.1) is 17.6 Å². The van der Waals surface area contributed by atoms with Crippen molar-refractivity contribution in [2.24, 2.45) is 5.92 Å². The molecule has 0 aliphatic carbocycles. The predicted molar refractivity (Wildman–Crippen MR) is 158 cm³/mol. The minimum absolute atomic E-state index is 0.0348. The lowest BCUT2D eigenvalue weighted by Crippen LogP contribution is -2.59. The minimum atomic E-state index is -4.29. The molecule has 0 bridgehead atoms. The Morgan fingerprint density at radius 1 is 0.932 bits per heavy atom. The SMILES string of the molecule is CO[C@@H]1OC(CS(=O)(=O)Oc2ccc([C@@H]3[C@@H](/C=C/[C@H](C)c4ccc(F)cc4)CN3c3ccc(F)cc3)cc2)C(O)C(O)C1O. The smallest absolute Gasteiger partial charge is 0.311 e. The average molecular weight is 632 g/mol. The normalized spacial score (nSPS) is 28.1. The Labute approximate surface area is 255 Å². The summed E-state index contributed by atoms with van der Waals surface area (Å²) in [5.41, 5.74) is 2.69. The molecule has 0 spiro atoms. The van der Waals surface area contributed by atoms with Gasteiger partial charge in [0, 0.05) is 25.3 Å². The first-order chi connectivity index (χ1) is 21.0. The standard InChI is InChI=1S/C32H35F2NO8S/c1-19(20-5-9-23(33)10-6-20)3-4-22-17-35(25-13-11-24(34)12-14-25)28(22)21-7-15-26(16-8-21)43-44(39,40)18-27-29(36)30(37)31(38)32(41-2)42-27/h3-16,19,22,27-32,36-38H,17-18H2,1-2H3/b4-3+/t19-,22-,27?,28+,29?,30?,31?,32+/m0/s1. The maximum atomic E-state index is 13.6. The number of hydrogen-bond donors (Lipinski definition) is 3. The van der Waals surface area contributed by atoms with E-state index in [1.165, 1.54) is 43.5 Å². The van der Waals surface area contributed by atoms with Gasteiger partial charge in [0.1, 0.15) is 47.6 Å². The fourth-order valence-corrected chi connectivity index (χ4v) is 6.71. The van der Waals surface area contributed by atoms with E-state index in [9.17, 15) is 32.5 Å². The second kappa shape index (κ2) is 13.3. The van der Waals surface area contributed by atoms with E-state index >= 15 is 0 Å². The van der Waals surface area contributed by atoms with Crippen LogP contribution in [0.1, 0.15) is 30.0 Å². The van der Waals surface area contributed by atoms with E-state index in [0.29, 0.717) is 6.54 Å². The third-order valence-electron chi connectivity index (χ3n) is 8.06. The van der Waals surface area contributed by atoms with Crippen molar-refractivity contribution >= 4 is 15.8 Å². The second-order valence-electron chi connectivity index (χ2n) is 11.1. The van der Waals surface area contributed by atoms with Crippen LogP contribution in [0.4, 0.5) is 14.5 Å². The molecule has 0 aromatic heterocycles. The zero-order valence-corrected chi connectivity index (χ0v) is 24.9. The van der Waals surface area contributed by atoms with Crippen molar-refractivity contribution in [1.29, 1.82) is 0 Å². The molecule has 2 heterocycles. The van der Waals surface area contributed by atoms with E-state index in [1.807, 2.05) is 6.92 Å². The summed E-state index contributed by atoms with van der Waals surface area (Å²) >= 11 is 0. The lowest BCUT2D eigenvalue weighted by molar-refractivity contribution is -0.285. The summed E-state index contributed by atoms with van der Waals surface area (Å²) in [6.45, 7) is 2.69. The van der Waals surface area contributed by atoms with Gasteiger partial charge in [0.05, 0.1) is 6.04 Å². The van der Waals surface area contributed by atoms with E-state index in [1.54, 1.807) is 36.4 Å². The van der Waals surface area contributed by atoms with Crippen LogP contribution in [0.15, 0.2) is 84.9 Å². The van der Waals surface area contributed by atoms with Crippen LogP contribution in [0.2, 0.25) is 0 Å². The third kappa shape index (κ3) is 7.12. The van der Waals surface area contributed by atoms with Gasteiger partial charge in [-0.1, -0.05) is 43.3 Å². The van der Waals surface area contributed by atoms with Crippen molar-refractivity contribution < 1.29 is 46.2 Å². The molecule has 8 atom stereocenters. The zero-order valence-electron chi connectivity index (χ0n) is 24.1. The summed E-state index contributed by atoms with van der Waals surface area (Å²) in [4.78, 5) is 2.12. The molecule has 9 nitrogen and oxygen atoms in total. The summed E-state index contributed by atoms with van der Waals surface area (Å²) in [6.07, 6.45) is -3.42. The molecule has 3 aromatic carbocycles. The number of halogens is 2. The Balaban J connectivity index is 1.31. The van der Waals surface area contributed by atoms with E-state index < -0.39 is 46.6 Å². The van der Waals surface area contributed by atoms with Crippen molar-refractivity contribution in [3.8, 4) is 5.75 Å². The first-order valence-corrected chi connectivity index (χ1v) is 15.7. The van der Waals surface area contributed by atoms with Crippen molar-refractivity contribution in [3.63, 3.8) is 0 Å². The number of methoxy groups -OCH3 is 1. The predicted octanol–water partition coefficient (Wildman–Crippen LogP) is 3.66. The Bertz CT molecular complexity index is 1530. The van der Waals surface area contributed by atoms with Crippen molar-refractivity contribution in [3.05, 3.63) is 108 Å². The maximum absolute atomic E-state index is 13.6. The lowest BCUT2D eigenvalue weighted by Gasteiger charge is -2.49. The van der Waals surface area contributed by atoms with Gasteiger partial charge < -0.3 is 33.9 Å². The number of benzene rings is 3. The van der Waals surface area contributed by atoms with Crippen molar-refractivity contribution in [1.82, 2.24) is 0 Å². The molecule has 3 N–H and O–H groups in total. The molecule has 0 amide bonds. The molecule has 0 saturated carbocycles. The van der Waals surface area contributed by atoms with Gasteiger partial charge in [0.25, 0.3) is 0 Å². The first kappa shape index (κ1) is 32.0. The maximum Gasteiger partial charge on any atom is 0.311 e. The van der Waals surface area contributed by atoms with Gasteiger partial charge in [-0.15, -0.1) is 0 Å². The van der Waals surface area contributed by atoms with Gasteiger partial charge in [0.2, 0.25) is 0 Å². The summed E-state index contributed by atoms with van der Waals surface area (Å²) < 4.78 is 68.1. The van der Waals surface area contributed by atoms with Crippen LogP contribution in [0.5, 0.6) is 5.75 Å². The molecule has 0 radical (unpaired) electrons. The molecule has 236 valence electrons. The minimum Gasteiger partial charge on any atom is -0.388 e. The Morgan fingerprint density at radius 2 is 1.55 bits per heavy atom. The van der Waals surface area contributed by atoms with Crippen LogP contribution in [0.3, 0.4) is 0 Å². The summed E-state index contributed by atoms with van der Waals surface area (Å²) in [5.74, 6) is -1.26. The van der Waals surface area contributed by atoms with Crippen molar-refractivity contribution in [2.45, 2.75) is 49.6 Å². The average Bonchev–Trinajstić information content (AvgIpc) is 2.98. The molecular weight excluding hydrogens is 596 g/mol. The molecule has 12 heteroatoms. The molecule has 2 saturated heterocycles. The fourth-order valence-electron chi connectivity index (χ4n) is 5.56. The first-order valence-electron chi connectivity index (χ1n) is 14.2. The molecule has 2 aliphatic rings. The quantitative estimate of drug-likeness (QED) is 0.227. The van der Waals surface area contributed by atoms with Crippen LogP contribution < -0.4 is 9.08 Å². The summed E-state index contributed by atoms with van der Waals surface area (Å²) in [7, 11) is -3.08. The van der Waals surface area contributed by atoms with Gasteiger partial charge in [-0.2, -0.15) is 8.42 Å². The molecule has 3 aromatic rings. The monoisotopic (exact) mass is 631 g/mol. The molecule has 4 unspecified atom stereocenters. The van der Waals surface area contributed by atoms with Crippen LogP contribution in [-0.2, 0) is 19.6 Å². The Hall–Kier alpha value is -3.39. The largest absolute Gasteiger partial charge is 0.388 e. The highest BCUT2D eigenvalue weighted by Crippen LogP contribution is 2.44. The Kier molecular flexibility index (Phi) is 9.68. The molecule has 5 rings (SSSR count). The topological polar surface area (TPSA) is 126 Å². The summed E-state index contributed by atoms with van der Waals surface area (Å²) in [6, 6.07) is 19.0. The zero-order chi connectivity index (χ0) is 31.6. The molecular formula is C32H35F2NO8S. The number of allylic oxidation sites excluding steroid dienone is 1. The van der Waals surface area contributed by atoms with Crippen LogP contribution in [0.25, 0.3) is 0 Å². The Morgan fingerprint density at radius 3 is 2.16 bits per heavy atom. The molecule has 2 aliphatic heterocycles. The van der Waals surface area contributed by atoms with Crippen LogP contribution in [-0.4, -0.2) is 73.9 Å². The van der Waals surface area contributed by atoms with Crippen LogP contribution >= 0.6 is 0 Å². The number of anilines is 1. The highest BCUT2D eigenvalue weighted by molar-refractivity contribution is 7.87. The van der Waals surface area contributed by atoms with Gasteiger partial charge in [0.15, 0.2) is 6.29 Å². The number of aliphatic hydroxyl groups is 3. The van der Waals surface area contributed by atoms with Gasteiger partial charge in [-0.05, 0) is 65.6 Å². The second-order valence-corrected chi connectivity index (χ2v) is 12.7. The van der Waals surface area contributed by atoms with Gasteiger partial charge in [-0.3, -0.25) is 0 Å². The van der Waals surface area contributed by atoms with Crippen molar-refractivity contribution in [2.75, 3.05) is 24.3 Å². The number of hydrogen-bond acceptors (Lipinski definition) is 9. The fraction of sp³-hybridized carbons (Fsp3) is 0.375. The van der Waals surface area contributed by atoms with E-state index in [0.717, 1.165) is 16.8 Å². The lowest BCUT2D eigenvalue weighted by atomic mass is 9.81. The van der Waals surface area contributed by atoms with E-state index in [2.05, 4.69) is 17.1 Å². The molecule has 2 fully saturated rings. The van der Waals surface area contributed by atoms with Gasteiger partial charge >= 0.3 is 10.1 Å². The highest BCUT2D eigenvalue weighted by atomic mass is 32.2. The molecule has 44 heavy (non-hydrogen) atoms. The number of ether oxygens (including phenoxy) is 2. The number of aliphatic hydroxyl groups excluding tert-OH is 3. The van der Waals surface area contributed by atoms with Gasteiger partial charge in [-0.25, -0.2) is 8.78 Å². The highest BCUT2D eigenvalue weighted by Gasteiger charge is 2.46. The summed E-state index contributed by atoms with van der Waals surface area (Å²) in [5, 5.41) is 30.2. The number of rotatable bonds is 10. The van der Waals surface area contributed by atoms with E-state index in [-0.39, 0.29) is 35.3 Å². The third-order valence-corrected chi connectivity index (χ3v) is 9.25. The number of nitrogens with zero attached hydrogens (tertiary/aromatic N) is 1.